The molecule has 1 saturated heterocycles. The van der Waals surface area contributed by atoms with E-state index in [0.717, 1.165) is 20.5 Å². The molecule has 1 fully saturated rings. The Morgan fingerprint density at radius 2 is 1.80 bits per heavy atom. The number of carbonyl (C=O) groups excluding carboxylic acids is 3. The van der Waals surface area contributed by atoms with Crippen LogP contribution in [0.2, 0.25) is 0 Å². The minimum Gasteiger partial charge on any atom is -0.326 e. The Morgan fingerprint density at radius 1 is 1.17 bits per heavy atom. The zero-order valence-electron chi connectivity index (χ0n) is 17.1. The fourth-order valence-corrected chi connectivity index (χ4v) is 6.48. The normalized spacial score (nSPS) is 17.6. The van der Waals surface area contributed by atoms with Gasteiger partial charge >= 0.3 is 0 Å². The van der Waals surface area contributed by atoms with E-state index in [0.29, 0.717) is 11.4 Å². The van der Waals surface area contributed by atoms with E-state index in [1.807, 2.05) is 0 Å². The largest absolute Gasteiger partial charge is 0.326 e. The molecule has 10 heteroatoms. The van der Waals surface area contributed by atoms with Gasteiger partial charge < -0.3 is 5.32 Å². The molecule has 3 amide bonds. The van der Waals surface area contributed by atoms with Crippen molar-refractivity contribution in [3.63, 3.8) is 0 Å². The Labute approximate surface area is 179 Å². The Kier molecular flexibility index (Phi) is 5.85. The molecule has 1 atom stereocenters. The molecule has 1 aromatic carbocycles. The van der Waals surface area contributed by atoms with Crippen molar-refractivity contribution in [2.75, 3.05) is 10.2 Å². The molecule has 1 aliphatic heterocycles. The van der Waals surface area contributed by atoms with Gasteiger partial charge in [0.05, 0.1) is 12.1 Å². The number of benzene rings is 1. The molecule has 3 rings (SSSR count). The van der Waals surface area contributed by atoms with Crippen LogP contribution in [-0.4, -0.2) is 42.0 Å². The predicted octanol–water partition coefficient (Wildman–Crippen LogP) is 2.83. The van der Waals surface area contributed by atoms with Gasteiger partial charge in [-0.25, -0.2) is 13.3 Å². The summed E-state index contributed by atoms with van der Waals surface area (Å²) >= 11 is 1.06. The van der Waals surface area contributed by atoms with Gasteiger partial charge in [-0.3, -0.25) is 14.4 Å². The highest BCUT2D eigenvalue weighted by atomic mass is 32.2. The SMILES string of the molecule is CC(=O)Nc1ccc(N2C(=O)CC(N(C(C)(C)C)S(=O)(=O)c3cccs3)C2=O)cc1. The maximum absolute atomic E-state index is 13.3. The molecule has 2 heterocycles. The lowest BCUT2D eigenvalue weighted by Crippen LogP contribution is -2.54. The monoisotopic (exact) mass is 449 g/mol. The molecule has 160 valence electrons. The number of thiophene rings is 1. The van der Waals surface area contributed by atoms with E-state index in [-0.39, 0.29) is 16.5 Å². The summed E-state index contributed by atoms with van der Waals surface area (Å²) in [5.41, 5.74) is -0.0724. The van der Waals surface area contributed by atoms with Gasteiger partial charge in [-0.15, -0.1) is 11.3 Å². The van der Waals surface area contributed by atoms with Crippen LogP contribution in [0.3, 0.4) is 0 Å². The number of imide groups is 1. The van der Waals surface area contributed by atoms with Crippen LogP contribution in [0.25, 0.3) is 0 Å². The maximum Gasteiger partial charge on any atom is 0.253 e. The van der Waals surface area contributed by atoms with Crippen LogP contribution in [0.15, 0.2) is 46.0 Å². The van der Waals surface area contributed by atoms with Crippen molar-refractivity contribution in [3.05, 3.63) is 41.8 Å². The van der Waals surface area contributed by atoms with Crippen LogP contribution in [0.4, 0.5) is 11.4 Å². The minimum atomic E-state index is -3.98. The van der Waals surface area contributed by atoms with Gasteiger partial charge in [0.1, 0.15) is 10.3 Å². The lowest BCUT2D eigenvalue weighted by Gasteiger charge is -2.37. The molecule has 0 radical (unpaired) electrons. The van der Waals surface area contributed by atoms with Crippen molar-refractivity contribution in [2.45, 2.75) is 49.9 Å². The highest BCUT2D eigenvalue weighted by Crippen LogP contribution is 2.35. The first-order valence-electron chi connectivity index (χ1n) is 9.25. The Balaban J connectivity index is 1.96. The molecular weight excluding hydrogens is 426 g/mol. The number of rotatable bonds is 5. The van der Waals surface area contributed by atoms with E-state index in [1.54, 1.807) is 56.5 Å². The Morgan fingerprint density at radius 3 is 2.30 bits per heavy atom. The van der Waals surface area contributed by atoms with Gasteiger partial charge in [-0.1, -0.05) is 6.07 Å². The summed E-state index contributed by atoms with van der Waals surface area (Å²) in [4.78, 5) is 38.1. The minimum absolute atomic E-state index is 0.121. The zero-order valence-corrected chi connectivity index (χ0v) is 18.7. The van der Waals surface area contributed by atoms with Crippen LogP contribution in [0, 0.1) is 0 Å². The average molecular weight is 450 g/mol. The molecule has 1 unspecified atom stereocenters. The number of amides is 3. The van der Waals surface area contributed by atoms with Crippen molar-refractivity contribution < 1.29 is 22.8 Å². The summed E-state index contributed by atoms with van der Waals surface area (Å²) in [6.07, 6.45) is -0.242. The Hall–Kier alpha value is -2.56. The summed E-state index contributed by atoms with van der Waals surface area (Å²) < 4.78 is 27.8. The molecular formula is C20H23N3O5S2. The fraction of sp³-hybridized carbons (Fsp3) is 0.350. The number of carbonyl (C=O) groups is 3. The number of anilines is 2. The van der Waals surface area contributed by atoms with Crippen LogP contribution in [-0.2, 0) is 24.4 Å². The van der Waals surface area contributed by atoms with Gasteiger partial charge in [-0.2, -0.15) is 4.31 Å². The number of hydrogen-bond acceptors (Lipinski definition) is 6. The fourth-order valence-electron chi connectivity index (χ4n) is 3.47. The quantitative estimate of drug-likeness (QED) is 0.707. The summed E-state index contributed by atoms with van der Waals surface area (Å²) in [5.74, 6) is -1.31. The zero-order chi connectivity index (χ0) is 22.3. The molecule has 0 aliphatic carbocycles. The summed E-state index contributed by atoms with van der Waals surface area (Å²) in [6.45, 7) is 6.46. The first-order chi connectivity index (χ1) is 13.9. The molecule has 2 aromatic rings. The summed E-state index contributed by atoms with van der Waals surface area (Å²) in [7, 11) is -3.98. The lowest BCUT2D eigenvalue weighted by molar-refractivity contribution is -0.122. The van der Waals surface area contributed by atoms with Gasteiger partial charge in [0.15, 0.2) is 0 Å². The molecule has 1 aromatic heterocycles. The van der Waals surface area contributed by atoms with Crippen molar-refractivity contribution in [3.8, 4) is 0 Å². The second-order valence-electron chi connectivity index (χ2n) is 7.92. The molecule has 0 saturated carbocycles. The third kappa shape index (κ3) is 4.16. The van der Waals surface area contributed by atoms with Crippen LogP contribution in [0.1, 0.15) is 34.1 Å². The summed E-state index contributed by atoms with van der Waals surface area (Å²) in [6, 6.07) is 8.21. The van der Waals surface area contributed by atoms with E-state index in [2.05, 4.69) is 5.32 Å². The molecule has 0 spiro atoms. The number of nitrogens with one attached hydrogen (secondary N) is 1. The second-order valence-corrected chi connectivity index (χ2v) is 10.9. The van der Waals surface area contributed by atoms with E-state index in [4.69, 9.17) is 0 Å². The van der Waals surface area contributed by atoms with Crippen molar-refractivity contribution in [1.29, 1.82) is 0 Å². The molecule has 1 aliphatic rings. The second kappa shape index (κ2) is 7.93. The predicted molar refractivity (Wildman–Crippen MR) is 115 cm³/mol. The highest BCUT2D eigenvalue weighted by molar-refractivity contribution is 7.91. The van der Waals surface area contributed by atoms with Gasteiger partial charge in [0, 0.05) is 18.2 Å². The van der Waals surface area contributed by atoms with Crippen LogP contribution in [0.5, 0.6) is 0 Å². The van der Waals surface area contributed by atoms with E-state index >= 15 is 0 Å². The van der Waals surface area contributed by atoms with Crippen molar-refractivity contribution in [2.24, 2.45) is 0 Å². The third-order valence-corrected chi connectivity index (χ3v) is 8.07. The first kappa shape index (κ1) is 22.1. The van der Waals surface area contributed by atoms with Gasteiger partial charge in [-0.05, 0) is 56.5 Å². The highest BCUT2D eigenvalue weighted by Gasteiger charge is 2.50. The Bertz CT molecular complexity index is 1070. The molecule has 1 N–H and O–H groups in total. The number of sulfonamides is 1. The molecule has 8 nitrogen and oxygen atoms in total. The van der Waals surface area contributed by atoms with Gasteiger partial charge in [0.25, 0.3) is 15.9 Å². The maximum atomic E-state index is 13.3. The molecule has 30 heavy (non-hydrogen) atoms. The van der Waals surface area contributed by atoms with Crippen molar-refractivity contribution in [1.82, 2.24) is 4.31 Å². The van der Waals surface area contributed by atoms with E-state index in [9.17, 15) is 22.8 Å². The average Bonchev–Trinajstić information content (AvgIpc) is 3.24. The third-order valence-electron chi connectivity index (χ3n) is 4.52. The number of nitrogens with zero attached hydrogens (tertiary/aromatic N) is 2. The van der Waals surface area contributed by atoms with Crippen LogP contribution >= 0.6 is 11.3 Å². The van der Waals surface area contributed by atoms with Crippen molar-refractivity contribution >= 4 is 50.5 Å². The smallest absolute Gasteiger partial charge is 0.253 e. The van der Waals surface area contributed by atoms with E-state index in [1.165, 1.54) is 13.0 Å². The summed E-state index contributed by atoms with van der Waals surface area (Å²) in [5, 5.41) is 4.26. The first-order valence-corrected chi connectivity index (χ1v) is 11.6. The molecule has 0 bridgehead atoms. The number of hydrogen-bond donors (Lipinski definition) is 1. The standard InChI is InChI=1S/C20H23N3O5S2/c1-13(24)21-14-7-9-15(10-8-14)22-17(25)12-16(19(22)26)23(20(2,3)4)30(27,28)18-6-5-11-29-18/h5-11,16H,12H2,1-4H3,(H,21,24). The van der Waals surface area contributed by atoms with E-state index < -0.39 is 33.4 Å². The van der Waals surface area contributed by atoms with Crippen LogP contribution < -0.4 is 10.2 Å². The lowest BCUT2D eigenvalue weighted by atomic mass is 10.1. The van der Waals surface area contributed by atoms with Gasteiger partial charge in [0.2, 0.25) is 11.8 Å². The topological polar surface area (TPSA) is 104 Å².